The van der Waals surface area contributed by atoms with Crippen LogP contribution in [0.2, 0.25) is 0 Å². The molecule has 0 aliphatic heterocycles. The summed E-state index contributed by atoms with van der Waals surface area (Å²) in [5, 5.41) is 9.20. The van der Waals surface area contributed by atoms with Crippen molar-refractivity contribution >= 4 is 11.9 Å². The third-order valence-corrected chi connectivity index (χ3v) is 3.13. The zero-order valence-electron chi connectivity index (χ0n) is 11.0. The molecule has 0 saturated carbocycles. The van der Waals surface area contributed by atoms with Crippen LogP contribution in [-0.2, 0) is 6.54 Å². The van der Waals surface area contributed by atoms with E-state index in [1.54, 1.807) is 24.3 Å². The van der Waals surface area contributed by atoms with E-state index < -0.39 is 0 Å². The van der Waals surface area contributed by atoms with Gasteiger partial charge in [0.05, 0.1) is 5.69 Å². The first-order valence-electron chi connectivity index (χ1n) is 6.11. The summed E-state index contributed by atoms with van der Waals surface area (Å²) in [6.07, 6.45) is 1.88. The summed E-state index contributed by atoms with van der Waals surface area (Å²) in [4.78, 5) is 4.42. The van der Waals surface area contributed by atoms with Crippen LogP contribution < -0.4 is 0 Å². The molecule has 2 rings (SSSR count). The van der Waals surface area contributed by atoms with E-state index in [1.165, 1.54) is 11.4 Å². The Morgan fingerprint density at radius 1 is 1.22 bits per heavy atom. The number of phenols is 1. The number of nitrogens with zero attached hydrogens (tertiary/aromatic N) is 2. The van der Waals surface area contributed by atoms with Crippen molar-refractivity contribution in [2.45, 2.75) is 27.3 Å². The highest BCUT2D eigenvalue weighted by atomic mass is 16.3. The highest BCUT2D eigenvalue weighted by Gasteiger charge is 2.05. The Balaban J connectivity index is 2.26. The van der Waals surface area contributed by atoms with Crippen molar-refractivity contribution in [1.82, 2.24) is 4.57 Å². The molecule has 0 fully saturated rings. The van der Waals surface area contributed by atoms with E-state index in [4.69, 9.17) is 0 Å². The Bertz CT molecular complexity index is 565. The van der Waals surface area contributed by atoms with Crippen LogP contribution in [0.5, 0.6) is 5.75 Å². The number of rotatable bonds is 3. The summed E-state index contributed by atoms with van der Waals surface area (Å²) in [6, 6.07) is 9.02. The fraction of sp³-hybridized carbons (Fsp3) is 0.267. The van der Waals surface area contributed by atoms with Crippen LogP contribution in [0.1, 0.15) is 23.9 Å². The second kappa shape index (κ2) is 5.08. The van der Waals surface area contributed by atoms with Crippen LogP contribution >= 0.6 is 0 Å². The molecule has 2 aromatic rings. The van der Waals surface area contributed by atoms with Gasteiger partial charge in [0.2, 0.25) is 0 Å². The van der Waals surface area contributed by atoms with E-state index in [-0.39, 0.29) is 5.75 Å². The SMILES string of the molecule is CCn1c(C)cc(C=Nc2ccc(O)cc2)c1C. The zero-order chi connectivity index (χ0) is 13.1. The Hall–Kier alpha value is -2.03. The molecule has 0 amide bonds. The molecule has 0 atom stereocenters. The average molecular weight is 242 g/mol. The maximum atomic E-state index is 9.20. The maximum absolute atomic E-state index is 9.20. The topological polar surface area (TPSA) is 37.5 Å². The lowest BCUT2D eigenvalue weighted by molar-refractivity contribution is 0.475. The third kappa shape index (κ3) is 2.45. The molecule has 0 bridgehead atoms. The van der Waals surface area contributed by atoms with Crippen LogP contribution in [-0.4, -0.2) is 15.9 Å². The van der Waals surface area contributed by atoms with Gasteiger partial charge in [-0.15, -0.1) is 0 Å². The number of aliphatic imine (C=N–C) groups is 1. The van der Waals surface area contributed by atoms with Gasteiger partial charge < -0.3 is 9.67 Å². The first kappa shape index (κ1) is 12.4. The molecule has 0 aliphatic carbocycles. The van der Waals surface area contributed by atoms with E-state index in [2.05, 4.69) is 36.4 Å². The Morgan fingerprint density at radius 3 is 2.44 bits per heavy atom. The van der Waals surface area contributed by atoms with Gasteiger partial charge >= 0.3 is 0 Å². The van der Waals surface area contributed by atoms with Crippen LogP contribution in [0.25, 0.3) is 0 Å². The normalized spacial score (nSPS) is 11.3. The van der Waals surface area contributed by atoms with Crippen molar-refractivity contribution < 1.29 is 5.11 Å². The second-order valence-corrected chi connectivity index (χ2v) is 4.35. The molecule has 1 heterocycles. The first-order chi connectivity index (χ1) is 8.61. The van der Waals surface area contributed by atoms with E-state index in [0.717, 1.165) is 17.8 Å². The standard InChI is InChI=1S/C15H18N2O/c1-4-17-11(2)9-13(12(17)3)10-16-14-5-7-15(18)8-6-14/h5-10,18H,4H2,1-3H3. The highest BCUT2D eigenvalue weighted by Crippen LogP contribution is 2.18. The number of aromatic nitrogens is 1. The molecule has 3 nitrogen and oxygen atoms in total. The van der Waals surface area contributed by atoms with E-state index in [0.29, 0.717) is 0 Å². The molecule has 0 radical (unpaired) electrons. The minimum Gasteiger partial charge on any atom is -0.508 e. The number of benzene rings is 1. The number of aryl methyl sites for hydroxylation is 1. The quantitative estimate of drug-likeness (QED) is 0.821. The number of hydrogen-bond donors (Lipinski definition) is 1. The van der Waals surface area contributed by atoms with Crippen molar-refractivity contribution in [3.8, 4) is 5.75 Å². The van der Waals surface area contributed by atoms with Gasteiger partial charge in [-0.05, 0) is 51.1 Å². The van der Waals surface area contributed by atoms with Crippen molar-refractivity contribution in [2.75, 3.05) is 0 Å². The van der Waals surface area contributed by atoms with E-state index in [9.17, 15) is 5.11 Å². The van der Waals surface area contributed by atoms with Crippen molar-refractivity contribution in [1.29, 1.82) is 0 Å². The van der Waals surface area contributed by atoms with Crippen LogP contribution in [0, 0.1) is 13.8 Å². The van der Waals surface area contributed by atoms with E-state index >= 15 is 0 Å². The third-order valence-electron chi connectivity index (χ3n) is 3.13. The minimum absolute atomic E-state index is 0.262. The molecule has 0 spiro atoms. The lowest BCUT2D eigenvalue weighted by Gasteiger charge is -2.04. The molecule has 3 heteroatoms. The predicted molar refractivity (Wildman–Crippen MR) is 74.9 cm³/mol. The molecule has 0 unspecified atom stereocenters. The van der Waals surface area contributed by atoms with Crippen LogP contribution in [0.3, 0.4) is 0 Å². The molecular weight excluding hydrogens is 224 g/mol. The van der Waals surface area contributed by atoms with Crippen molar-refractivity contribution in [3.63, 3.8) is 0 Å². The fourth-order valence-electron chi connectivity index (χ4n) is 2.13. The molecule has 1 aromatic carbocycles. The summed E-state index contributed by atoms with van der Waals surface area (Å²) in [5.74, 6) is 0.262. The zero-order valence-corrected chi connectivity index (χ0v) is 11.0. The van der Waals surface area contributed by atoms with Gasteiger partial charge in [0.25, 0.3) is 0 Å². The van der Waals surface area contributed by atoms with Crippen LogP contribution in [0.15, 0.2) is 35.3 Å². The fourth-order valence-corrected chi connectivity index (χ4v) is 2.13. The summed E-state index contributed by atoms with van der Waals surface area (Å²) in [5.41, 5.74) is 4.47. The van der Waals surface area contributed by atoms with Crippen molar-refractivity contribution in [3.05, 3.63) is 47.3 Å². The average Bonchev–Trinajstić information content (AvgIpc) is 2.63. The minimum atomic E-state index is 0.262. The number of phenolic OH excluding ortho intramolecular Hbond substituents is 1. The number of hydrogen-bond acceptors (Lipinski definition) is 2. The summed E-state index contributed by atoms with van der Waals surface area (Å²) >= 11 is 0. The lowest BCUT2D eigenvalue weighted by Crippen LogP contribution is -1.99. The maximum Gasteiger partial charge on any atom is 0.115 e. The monoisotopic (exact) mass is 242 g/mol. The summed E-state index contributed by atoms with van der Waals surface area (Å²) in [7, 11) is 0. The van der Waals surface area contributed by atoms with Crippen LogP contribution in [0.4, 0.5) is 5.69 Å². The van der Waals surface area contributed by atoms with Gasteiger partial charge in [-0.1, -0.05) is 0 Å². The molecule has 0 saturated heterocycles. The van der Waals surface area contributed by atoms with Gasteiger partial charge in [0.1, 0.15) is 5.75 Å². The molecular formula is C15H18N2O. The van der Waals surface area contributed by atoms with Gasteiger partial charge in [-0.2, -0.15) is 0 Å². The first-order valence-corrected chi connectivity index (χ1v) is 6.11. The largest absolute Gasteiger partial charge is 0.508 e. The van der Waals surface area contributed by atoms with Gasteiger partial charge in [0, 0.05) is 29.7 Å². The van der Waals surface area contributed by atoms with Gasteiger partial charge in [-0.25, -0.2) is 0 Å². The molecule has 1 aromatic heterocycles. The van der Waals surface area contributed by atoms with E-state index in [1.807, 2.05) is 6.21 Å². The van der Waals surface area contributed by atoms with Gasteiger partial charge in [0.15, 0.2) is 0 Å². The summed E-state index contributed by atoms with van der Waals surface area (Å²) < 4.78 is 2.26. The van der Waals surface area contributed by atoms with Crippen molar-refractivity contribution in [2.24, 2.45) is 4.99 Å². The summed E-state index contributed by atoms with van der Waals surface area (Å²) in [6.45, 7) is 7.33. The Morgan fingerprint density at radius 2 is 1.89 bits per heavy atom. The lowest BCUT2D eigenvalue weighted by atomic mass is 10.2. The highest BCUT2D eigenvalue weighted by molar-refractivity contribution is 5.83. The second-order valence-electron chi connectivity index (χ2n) is 4.35. The molecule has 1 N–H and O–H groups in total. The Kier molecular flexibility index (Phi) is 3.51. The number of aromatic hydroxyl groups is 1. The molecule has 94 valence electrons. The predicted octanol–water partition coefficient (Wildman–Crippen LogP) is 3.58. The molecule has 18 heavy (non-hydrogen) atoms. The smallest absolute Gasteiger partial charge is 0.115 e. The van der Waals surface area contributed by atoms with Gasteiger partial charge in [-0.3, -0.25) is 4.99 Å². The molecule has 0 aliphatic rings. The Labute approximate surface area is 107 Å².